The molecule has 1 N–H and O–H groups in total. The smallest absolute Gasteiger partial charge is 0.258 e. The van der Waals surface area contributed by atoms with E-state index in [4.69, 9.17) is 4.74 Å². The Labute approximate surface area is 126 Å². The van der Waals surface area contributed by atoms with Gasteiger partial charge in [0.2, 0.25) is 0 Å². The topological polar surface area (TPSA) is 43.3 Å². The Morgan fingerprint density at radius 1 is 1.25 bits per heavy atom. The molecule has 0 radical (unpaired) electrons. The minimum atomic E-state index is -0.133. The number of aromatic nitrogens is 1. The average Bonchev–Trinajstić information content (AvgIpc) is 2.76. The number of carbonyl (C=O) groups is 1. The van der Waals surface area contributed by atoms with Gasteiger partial charge in [-0.3, -0.25) is 4.79 Å². The largest absolute Gasteiger partial charge is 0.484 e. The molecule has 0 bridgehead atoms. The van der Waals surface area contributed by atoms with Crippen LogP contribution in [0.3, 0.4) is 0 Å². The van der Waals surface area contributed by atoms with Crippen LogP contribution in [-0.2, 0) is 18.4 Å². The van der Waals surface area contributed by atoms with E-state index >= 15 is 0 Å². The van der Waals surface area contributed by atoms with Gasteiger partial charge in [-0.15, -0.1) is 0 Å². The van der Waals surface area contributed by atoms with Crippen molar-refractivity contribution in [2.24, 2.45) is 7.05 Å². The van der Waals surface area contributed by atoms with Gasteiger partial charge in [-0.1, -0.05) is 15.9 Å². The third-order valence-electron chi connectivity index (χ3n) is 3.13. The molecule has 0 saturated heterocycles. The fourth-order valence-electron chi connectivity index (χ4n) is 1.76. The van der Waals surface area contributed by atoms with Gasteiger partial charge < -0.3 is 14.6 Å². The highest BCUT2D eigenvalue weighted by molar-refractivity contribution is 9.10. The summed E-state index contributed by atoms with van der Waals surface area (Å²) in [5.74, 6) is 0.546. The number of nitrogens with one attached hydrogen (secondary N) is 1. The summed E-state index contributed by atoms with van der Waals surface area (Å²) in [6.07, 6.45) is 0. The molecular formula is C15H17BrN2O2. The van der Waals surface area contributed by atoms with Crippen molar-refractivity contribution in [3.63, 3.8) is 0 Å². The predicted molar refractivity (Wildman–Crippen MR) is 81.6 cm³/mol. The molecule has 106 valence electrons. The Hall–Kier alpha value is -1.75. The zero-order chi connectivity index (χ0) is 14.5. The number of rotatable bonds is 5. The van der Waals surface area contributed by atoms with Gasteiger partial charge in [0.05, 0.1) is 6.54 Å². The van der Waals surface area contributed by atoms with Crippen LogP contribution in [0.15, 0.2) is 40.9 Å². The van der Waals surface area contributed by atoms with Gasteiger partial charge in [-0.2, -0.15) is 0 Å². The van der Waals surface area contributed by atoms with Crippen molar-refractivity contribution in [1.82, 2.24) is 9.88 Å². The molecule has 4 nitrogen and oxygen atoms in total. The van der Waals surface area contributed by atoms with Gasteiger partial charge in [0.25, 0.3) is 5.91 Å². The second kappa shape index (κ2) is 6.61. The maximum atomic E-state index is 11.7. The number of halogens is 1. The zero-order valence-corrected chi connectivity index (χ0v) is 13.1. The second-order valence-electron chi connectivity index (χ2n) is 4.54. The van der Waals surface area contributed by atoms with Crippen LogP contribution >= 0.6 is 15.9 Å². The van der Waals surface area contributed by atoms with E-state index in [1.807, 2.05) is 50.4 Å². The Balaban J connectivity index is 1.78. The number of nitrogens with zero attached hydrogens (tertiary/aromatic N) is 1. The first kappa shape index (κ1) is 14.7. The molecule has 0 aliphatic heterocycles. The quantitative estimate of drug-likeness (QED) is 0.912. The van der Waals surface area contributed by atoms with E-state index in [9.17, 15) is 4.79 Å². The molecule has 1 aromatic carbocycles. The molecule has 0 unspecified atom stereocenters. The summed E-state index contributed by atoms with van der Waals surface area (Å²) in [6, 6.07) is 11.4. The standard InChI is InChI=1S/C15H17BrN2O2/c1-11-3-6-13(18(11)2)9-17-15(19)10-20-14-7-4-12(16)5-8-14/h3-8H,9-10H2,1-2H3,(H,17,19). The number of hydrogen-bond donors (Lipinski definition) is 1. The monoisotopic (exact) mass is 336 g/mol. The fraction of sp³-hybridized carbons (Fsp3) is 0.267. The lowest BCUT2D eigenvalue weighted by Gasteiger charge is -2.09. The Morgan fingerprint density at radius 3 is 2.55 bits per heavy atom. The summed E-state index contributed by atoms with van der Waals surface area (Å²) >= 11 is 3.35. The Bertz CT molecular complexity index is 590. The first-order valence-electron chi connectivity index (χ1n) is 6.32. The number of ether oxygens (including phenoxy) is 1. The van der Waals surface area contributed by atoms with Crippen LogP contribution in [0.2, 0.25) is 0 Å². The first-order valence-corrected chi connectivity index (χ1v) is 7.12. The van der Waals surface area contributed by atoms with Crippen molar-refractivity contribution in [2.45, 2.75) is 13.5 Å². The SMILES string of the molecule is Cc1ccc(CNC(=O)COc2ccc(Br)cc2)n1C. The molecule has 0 atom stereocenters. The molecule has 0 aliphatic carbocycles. The van der Waals surface area contributed by atoms with Gasteiger partial charge in [-0.25, -0.2) is 0 Å². The van der Waals surface area contributed by atoms with Crippen LogP contribution in [-0.4, -0.2) is 17.1 Å². The van der Waals surface area contributed by atoms with Crippen molar-refractivity contribution in [3.8, 4) is 5.75 Å². The van der Waals surface area contributed by atoms with Crippen LogP contribution in [0, 0.1) is 6.92 Å². The van der Waals surface area contributed by atoms with Crippen LogP contribution in [0.5, 0.6) is 5.75 Å². The molecular weight excluding hydrogens is 320 g/mol. The highest BCUT2D eigenvalue weighted by atomic mass is 79.9. The van der Waals surface area contributed by atoms with Gasteiger partial charge in [0.15, 0.2) is 6.61 Å². The number of hydrogen-bond acceptors (Lipinski definition) is 2. The molecule has 20 heavy (non-hydrogen) atoms. The summed E-state index contributed by atoms with van der Waals surface area (Å²) < 4.78 is 8.44. The lowest BCUT2D eigenvalue weighted by molar-refractivity contribution is -0.123. The molecule has 5 heteroatoms. The minimum absolute atomic E-state index is 0.0189. The van der Waals surface area contributed by atoms with E-state index < -0.39 is 0 Å². The summed E-state index contributed by atoms with van der Waals surface area (Å²) in [5, 5.41) is 2.84. The number of aryl methyl sites for hydroxylation is 1. The normalized spacial score (nSPS) is 10.3. The number of amides is 1. The fourth-order valence-corrected chi connectivity index (χ4v) is 2.03. The van der Waals surface area contributed by atoms with Gasteiger partial charge in [0, 0.05) is 22.9 Å². The summed E-state index contributed by atoms with van der Waals surface area (Å²) in [5.41, 5.74) is 2.24. The van der Waals surface area contributed by atoms with Gasteiger partial charge in [-0.05, 0) is 43.3 Å². The van der Waals surface area contributed by atoms with E-state index in [-0.39, 0.29) is 12.5 Å². The van der Waals surface area contributed by atoms with E-state index in [1.165, 1.54) is 5.69 Å². The molecule has 0 spiro atoms. The van der Waals surface area contributed by atoms with Crippen molar-refractivity contribution in [3.05, 3.63) is 52.3 Å². The maximum absolute atomic E-state index is 11.7. The number of benzene rings is 1. The molecule has 1 aromatic heterocycles. The summed E-state index contributed by atoms with van der Waals surface area (Å²) in [7, 11) is 1.98. The van der Waals surface area contributed by atoms with E-state index in [1.54, 1.807) is 0 Å². The molecule has 1 amide bonds. The average molecular weight is 337 g/mol. The third-order valence-corrected chi connectivity index (χ3v) is 3.66. The lowest BCUT2D eigenvalue weighted by atomic mass is 10.3. The van der Waals surface area contributed by atoms with E-state index in [0.717, 1.165) is 10.2 Å². The Morgan fingerprint density at radius 2 is 1.95 bits per heavy atom. The highest BCUT2D eigenvalue weighted by Gasteiger charge is 2.05. The molecule has 0 aliphatic rings. The van der Waals surface area contributed by atoms with Crippen molar-refractivity contribution in [2.75, 3.05) is 6.61 Å². The van der Waals surface area contributed by atoms with Crippen molar-refractivity contribution >= 4 is 21.8 Å². The highest BCUT2D eigenvalue weighted by Crippen LogP contribution is 2.15. The summed E-state index contributed by atoms with van der Waals surface area (Å²) in [6.45, 7) is 2.56. The second-order valence-corrected chi connectivity index (χ2v) is 5.46. The predicted octanol–water partition coefficient (Wildman–Crippen LogP) is 2.79. The lowest BCUT2D eigenvalue weighted by Crippen LogP contribution is -2.29. The van der Waals surface area contributed by atoms with Crippen molar-refractivity contribution in [1.29, 1.82) is 0 Å². The van der Waals surface area contributed by atoms with Gasteiger partial charge in [0.1, 0.15) is 5.75 Å². The van der Waals surface area contributed by atoms with Crippen molar-refractivity contribution < 1.29 is 9.53 Å². The maximum Gasteiger partial charge on any atom is 0.258 e. The van der Waals surface area contributed by atoms with E-state index in [2.05, 4.69) is 25.8 Å². The molecule has 0 saturated carbocycles. The van der Waals surface area contributed by atoms with Crippen LogP contribution in [0.1, 0.15) is 11.4 Å². The minimum Gasteiger partial charge on any atom is -0.484 e. The molecule has 1 heterocycles. The Kier molecular flexibility index (Phi) is 4.84. The molecule has 0 fully saturated rings. The van der Waals surface area contributed by atoms with Crippen LogP contribution < -0.4 is 10.1 Å². The number of carbonyl (C=O) groups excluding carboxylic acids is 1. The molecule has 2 aromatic rings. The molecule has 2 rings (SSSR count). The van der Waals surface area contributed by atoms with E-state index in [0.29, 0.717) is 12.3 Å². The third kappa shape index (κ3) is 3.87. The first-order chi connectivity index (χ1) is 9.56. The van der Waals surface area contributed by atoms with Crippen LogP contribution in [0.4, 0.5) is 0 Å². The van der Waals surface area contributed by atoms with Gasteiger partial charge >= 0.3 is 0 Å². The summed E-state index contributed by atoms with van der Waals surface area (Å²) in [4.78, 5) is 11.7. The van der Waals surface area contributed by atoms with Crippen LogP contribution in [0.25, 0.3) is 0 Å². The zero-order valence-electron chi connectivity index (χ0n) is 11.5.